The van der Waals surface area contributed by atoms with Gasteiger partial charge in [0.1, 0.15) is 0 Å². The van der Waals surface area contributed by atoms with Crippen LogP contribution in [0.3, 0.4) is 0 Å². The first-order chi connectivity index (χ1) is 11.6. The van der Waals surface area contributed by atoms with Crippen molar-refractivity contribution in [3.05, 3.63) is 63.4 Å². The SMILES string of the molecule is CN(C)CCN(Cc1ccc2cccc(Cl)c2n1)Cc1cccs1. The highest BCUT2D eigenvalue weighted by Crippen LogP contribution is 2.22. The molecular formula is C19H22ClN3S. The highest BCUT2D eigenvalue weighted by atomic mass is 35.5. The molecule has 3 aromatic rings. The number of para-hydroxylation sites is 1. The summed E-state index contributed by atoms with van der Waals surface area (Å²) in [7, 11) is 4.22. The normalized spacial score (nSPS) is 11.7. The van der Waals surface area contributed by atoms with Crippen molar-refractivity contribution < 1.29 is 0 Å². The minimum absolute atomic E-state index is 0.715. The van der Waals surface area contributed by atoms with Crippen LogP contribution >= 0.6 is 22.9 Å². The Balaban J connectivity index is 1.79. The van der Waals surface area contributed by atoms with Crippen molar-refractivity contribution in [1.29, 1.82) is 0 Å². The van der Waals surface area contributed by atoms with Gasteiger partial charge >= 0.3 is 0 Å². The van der Waals surface area contributed by atoms with Crippen molar-refractivity contribution in [3.63, 3.8) is 0 Å². The van der Waals surface area contributed by atoms with Crippen molar-refractivity contribution in [2.75, 3.05) is 27.2 Å². The van der Waals surface area contributed by atoms with E-state index in [1.165, 1.54) is 4.88 Å². The number of hydrogen-bond donors (Lipinski definition) is 0. The summed E-state index contributed by atoms with van der Waals surface area (Å²) in [6.07, 6.45) is 0. The molecule has 24 heavy (non-hydrogen) atoms. The van der Waals surface area contributed by atoms with Crippen LogP contribution in [0.5, 0.6) is 0 Å². The lowest BCUT2D eigenvalue weighted by molar-refractivity contribution is 0.226. The third-order valence-corrected chi connectivity index (χ3v) is 5.10. The van der Waals surface area contributed by atoms with Gasteiger partial charge < -0.3 is 4.90 Å². The molecule has 0 amide bonds. The fourth-order valence-electron chi connectivity index (χ4n) is 2.65. The molecule has 0 radical (unpaired) electrons. The van der Waals surface area contributed by atoms with Crippen molar-refractivity contribution in [3.8, 4) is 0 Å². The van der Waals surface area contributed by atoms with Gasteiger partial charge in [0.2, 0.25) is 0 Å². The smallest absolute Gasteiger partial charge is 0.0891 e. The number of nitrogens with zero attached hydrogens (tertiary/aromatic N) is 3. The molecule has 0 fully saturated rings. The number of likely N-dealkylation sites (N-methyl/N-ethyl adjacent to an activating group) is 1. The molecule has 0 aliphatic rings. The van der Waals surface area contributed by atoms with Gasteiger partial charge in [-0.1, -0.05) is 35.9 Å². The number of hydrogen-bond acceptors (Lipinski definition) is 4. The van der Waals surface area contributed by atoms with Gasteiger partial charge in [-0.2, -0.15) is 0 Å². The molecule has 2 heterocycles. The second kappa shape index (κ2) is 8.08. The van der Waals surface area contributed by atoms with Crippen LogP contribution in [0.1, 0.15) is 10.6 Å². The molecule has 0 bridgehead atoms. The maximum atomic E-state index is 6.30. The number of pyridine rings is 1. The Bertz CT molecular complexity index is 786. The summed E-state index contributed by atoms with van der Waals surface area (Å²) in [4.78, 5) is 10.8. The molecule has 1 aromatic carbocycles. The Kier molecular flexibility index (Phi) is 5.85. The lowest BCUT2D eigenvalue weighted by Gasteiger charge is -2.23. The monoisotopic (exact) mass is 359 g/mol. The van der Waals surface area contributed by atoms with Crippen LogP contribution in [0.4, 0.5) is 0 Å². The zero-order valence-corrected chi connectivity index (χ0v) is 15.6. The minimum atomic E-state index is 0.715. The van der Waals surface area contributed by atoms with E-state index in [0.717, 1.165) is 42.8 Å². The molecule has 0 saturated carbocycles. The predicted molar refractivity (Wildman–Crippen MR) is 104 cm³/mol. The molecular weight excluding hydrogens is 338 g/mol. The largest absolute Gasteiger partial charge is 0.308 e. The van der Waals surface area contributed by atoms with Gasteiger partial charge in [0.25, 0.3) is 0 Å². The molecule has 0 N–H and O–H groups in total. The lowest BCUT2D eigenvalue weighted by atomic mass is 10.2. The number of halogens is 1. The topological polar surface area (TPSA) is 19.4 Å². The van der Waals surface area contributed by atoms with Gasteiger partial charge in [0.15, 0.2) is 0 Å². The molecule has 126 valence electrons. The number of benzene rings is 1. The summed E-state index contributed by atoms with van der Waals surface area (Å²) in [6, 6.07) is 14.4. The quantitative estimate of drug-likeness (QED) is 0.618. The highest BCUT2D eigenvalue weighted by molar-refractivity contribution is 7.09. The molecule has 5 heteroatoms. The van der Waals surface area contributed by atoms with Crippen LogP contribution in [-0.2, 0) is 13.1 Å². The Morgan fingerprint density at radius 2 is 1.88 bits per heavy atom. The molecule has 0 spiro atoms. The van der Waals surface area contributed by atoms with E-state index in [4.69, 9.17) is 16.6 Å². The second-order valence-electron chi connectivity index (χ2n) is 6.21. The number of fused-ring (bicyclic) bond motifs is 1. The third-order valence-electron chi connectivity index (χ3n) is 3.94. The summed E-state index contributed by atoms with van der Waals surface area (Å²) < 4.78 is 0. The summed E-state index contributed by atoms with van der Waals surface area (Å²) in [5.41, 5.74) is 1.95. The van der Waals surface area contributed by atoms with Gasteiger partial charge in [0, 0.05) is 36.4 Å². The van der Waals surface area contributed by atoms with Gasteiger partial charge in [-0.05, 0) is 37.7 Å². The zero-order valence-electron chi connectivity index (χ0n) is 14.1. The maximum absolute atomic E-state index is 6.30. The van der Waals surface area contributed by atoms with E-state index in [0.29, 0.717) is 5.02 Å². The molecule has 0 aliphatic heterocycles. The zero-order chi connectivity index (χ0) is 16.9. The second-order valence-corrected chi connectivity index (χ2v) is 7.65. The van der Waals surface area contributed by atoms with Gasteiger partial charge in [0.05, 0.1) is 16.2 Å². The lowest BCUT2D eigenvalue weighted by Crippen LogP contribution is -2.31. The van der Waals surface area contributed by atoms with Crippen LogP contribution in [0, 0.1) is 0 Å². The highest BCUT2D eigenvalue weighted by Gasteiger charge is 2.10. The summed E-state index contributed by atoms with van der Waals surface area (Å²) >= 11 is 8.11. The maximum Gasteiger partial charge on any atom is 0.0891 e. The Morgan fingerprint density at radius 3 is 2.62 bits per heavy atom. The van der Waals surface area contributed by atoms with E-state index >= 15 is 0 Å². The molecule has 0 aliphatic carbocycles. The summed E-state index contributed by atoms with van der Waals surface area (Å²) in [6.45, 7) is 3.81. The molecule has 0 unspecified atom stereocenters. The average Bonchev–Trinajstić information content (AvgIpc) is 3.06. The van der Waals surface area contributed by atoms with E-state index in [-0.39, 0.29) is 0 Å². The number of rotatable bonds is 7. The van der Waals surface area contributed by atoms with Crippen molar-refractivity contribution in [1.82, 2.24) is 14.8 Å². The van der Waals surface area contributed by atoms with E-state index < -0.39 is 0 Å². The van der Waals surface area contributed by atoms with E-state index in [2.05, 4.69) is 53.5 Å². The average molecular weight is 360 g/mol. The molecule has 3 nitrogen and oxygen atoms in total. The minimum Gasteiger partial charge on any atom is -0.308 e. The third kappa shape index (κ3) is 4.54. The van der Waals surface area contributed by atoms with Crippen LogP contribution in [-0.4, -0.2) is 42.0 Å². The van der Waals surface area contributed by atoms with Crippen molar-refractivity contribution >= 4 is 33.8 Å². The van der Waals surface area contributed by atoms with Gasteiger partial charge in [-0.15, -0.1) is 11.3 Å². The molecule has 3 rings (SSSR count). The number of aromatic nitrogens is 1. The van der Waals surface area contributed by atoms with Gasteiger partial charge in [-0.3, -0.25) is 4.90 Å². The fourth-order valence-corrected chi connectivity index (χ4v) is 3.62. The van der Waals surface area contributed by atoms with Gasteiger partial charge in [-0.25, -0.2) is 4.98 Å². The Morgan fingerprint density at radius 1 is 1.00 bits per heavy atom. The van der Waals surface area contributed by atoms with Crippen LogP contribution in [0.25, 0.3) is 10.9 Å². The van der Waals surface area contributed by atoms with E-state index in [1.807, 2.05) is 18.2 Å². The Labute approximate surface area is 152 Å². The molecule has 0 saturated heterocycles. The first-order valence-corrected chi connectivity index (χ1v) is 9.31. The fraction of sp³-hybridized carbons (Fsp3) is 0.316. The molecule has 0 atom stereocenters. The standard InChI is InChI=1S/C19H22ClN3S/c1-22(2)10-11-23(14-17-6-4-12-24-17)13-16-9-8-15-5-3-7-18(20)19(15)21-16/h3-9,12H,10-11,13-14H2,1-2H3. The van der Waals surface area contributed by atoms with Crippen LogP contribution < -0.4 is 0 Å². The van der Waals surface area contributed by atoms with Crippen LogP contribution in [0.2, 0.25) is 5.02 Å². The van der Waals surface area contributed by atoms with E-state index in [1.54, 1.807) is 11.3 Å². The molecule has 2 aromatic heterocycles. The van der Waals surface area contributed by atoms with Crippen molar-refractivity contribution in [2.24, 2.45) is 0 Å². The van der Waals surface area contributed by atoms with Crippen molar-refractivity contribution in [2.45, 2.75) is 13.1 Å². The summed E-state index contributed by atoms with van der Waals surface area (Å²) in [5.74, 6) is 0. The predicted octanol–water partition coefficient (Wildman–Crippen LogP) is 4.51. The Hall–Kier alpha value is -1.46. The number of thiophene rings is 1. The van der Waals surface area contributed by atoms with E-state index in [9.17, 15) is 0 Å². The van der Waals surface area contributed by atoms with Crippen LogP contribution in [0.15, 0.2) is 47.8 Å². The first-order valence-electron chi connectivity index (χ1n) is 8.05. The first kappa shape index (κ1) is 17.4. The summed E-state index contributed by atoms with van der Waals surface area (Å²) in [5, 5.41) is 3.94.